The average molecular weight is 408 g/mol. The highest BCUT2D eigenvalue weighted by Crippen LogP contribution is 2.57. The first-order valence-corrected chi connectivity index (χ1v) is 10.1. The summed E-state index contributed by atoms with van der Waals surface area (Å²) >= 11 is 0. The van der Waals surface area contributed by atoms with Crippen molar-refractivity contribution >= 4 is 25.5 Å². The molecule has 0 aromatic rings. The van der Waals surface area contributed by atoms with Gasteiger partial charge >= 0.3 is 19.8 Å². The molecule has 0 N–H and O–H groups in total. The van der Waals surface area contributed by atoms with E-state index in [1.165, 1.54) is 7.11 Å². The Morgan fingerprint density at radius 3 is 2.37 bits per heavy atom. The second-order valence-corrected chi connectivity index (χ2v) is 9.64. The zero-order valence-electron chi connectivity index (χ0n) is 16.7. The molecule has 10 heteroatoms. The number of ketones is 1. The van der Waals surface area contributed by atoms with Crippen molar-refractivity contribution in [2.24, 2.45) is 10.8 Å². The van der Waals surface area contributed by atoms with Crippen LogP contribution in [0.5, 0.6) is 0 Å². The van der Waals surface area contributed by atoms with Crippen molar-refractivity contribution in [3.8, 4) is 0 Å². The number of carbonyl (C=O) groups is 3. The van der Waals surface area contributed by atoms with Crippen LogP contribution in [0.2, 0.25) is 0 Å². The normalized spacial score (nSPS) is 24.9. The van der Waals surface area contributed by atoms with Crippen LogP contribution in [0.15, 0.2) is 0 Å². The topological polar surface area (TPSA) is 114 Å². The van der Waals surface area contributed by atoms with Crippen molar-refractivity contribution in [2.75, 3.05) is 20.5 Å². The molecule has 0 aromatic carbocycles. The SMILES string of the molecule is COC(=O)CCCC(=O)[C@@H]1OP(=O)(OCOC(=O)C(C)(C)C)OCC1(C)C. The van der Waals surface area contributed by atoms with Crippen molar-refractivity contribution in [3.63, 3.8) is 0 Å². The lowest BCUT2D eigenvalue weighted by Gasteiger charge is -2.39. The van der Waals surface area contributed by atoms with Gasteiger partial charge < -0.3 is 9.47 Å². The zero-order valence-corrected chi connectivity index (χ0v) is 17.6. The van der Waals surface area contributed by atoms with Crippen LogP contribution in [-0.2, 0) is 42.0 Å². The van der Waals surface area contributed by atoms with Crippen molar-refractivity contribution < 1.29 is 42.0 Å². The standard InChI is InChI=1S/C17H29O9P/c1-16(2,3)15(20)23-11-25-27(21)24-10-17(4,5)14(26-27)12(18)8-7-9-13(19)22-6/h14H,7-11H2,1-6H3/t14-,27?/m0/s1. The molecule has 0 saturated carbocycles. The lowest BCUT2D eigenvalue weighted by atomic mass is 9.84. The third kappa shape index (κ3) is 7.33. The Labute approximate surface area is 159 Å². The summed E-state index contributed by atoms with van der Waals surface area (Å²) in [5.74, 6) is -1.27. The Hall–Kier alpha value is -1.28. The maximum Gasteiger partial charge on any atom is 0.478 e. The van der Waals surface area contributed by atoms with Crippen molar-refractivity contribution in [1.29, 1.82) is 0 Å². The molecule has 27 heavy (non-hydrogen) atoms. The summed E-state index contributed by atoms with van der Waals surface area (Å²) in [5.41, 5.74) is -1.48. The lowest BCUT2D eigenvalue weighted by molar-refractivity contribution is -0.163. The molecule has 0 bridgehead atoms. The molecule has 0 radical (unpaired) electrons. The molecule has 1 fully saturated rings. The van der Waals surface area contributed by atoms with Crippen molar-refractivity contribution in [1.82, 2.24) is 0 Å². The first kappa shape index (κ1) is 23.8. The van der Waals surface area contributed by atoms with Crippen LogP contribution in [0.25, 0.3) is 0 Å². The fourth-order valence-corrected chi connectivity index (χ4v) is 3.72. The molecule has 1 heterocycles. The Balaban J connectivity index is 2.65. The summed E-state index contributed by atoms with van der Waals surface area (Å²) < 4.78 is 37.6. The third-order valence-electron chi connectivity index (χ3n) is 3.88. The first-order valence-electron chi connectivity index (χ1n) is 8.65. The quantitative estimate of drug-likeness (QED) is 0.339. The number of methoxy groups -OCH3 is 1. The summed E-state index contributed by atoms with van der Waals surface area (Å²) in [6.07, 6.45) is -0.588. The Kier molecular flexibility index (Phi) is 8.16. The van der Waals surface area contributed by atoms with Crippen LogP contribution in [0.1, 0.15) is 53.9 Å². The molecule has 0 spiro atoms. The van der Waals surface area contributed by atoms with E-state index in [-0.39, 0.29) is 31.7 Å². The van der Waals surface area contributed by atoms with E-state index in [1.807, 2.05) is 0 Å². The fourth-order valence-electron chi connectivity index (χ4n) is 2.19. The number of rotatable bonds is 8. The van der Waals surface area contributed by atoms with Gasteiger partial charge in [-0.2, -0.15) is 0 Å². The molecular weight excluding hydrogens is 379 g/mol. The molecule has 0 amide bonds. The molecule has 0 aromatic heterocycles. The maximum absolute atomic E-state index is 12.6. The lowest BCUT2D eigenvalue weighted by Crippen LogP contribution is -2.45. The molecule has 2 atom stereocenters. The number of hydrogen-bond acceptors (Lipinski definition) is 9. The number of Topliss-reactive ketones (excluding diaryl/α,β-unsaturated/α-hetero) is 1. The highest BCUT2D eigenvalue weighted by Gasteiger charge is 2.48. The van der Waals surface area contributed by atoms with Crippen LogP contribution in [0, 0.1) is 10.8 Å². The van der Waals surface area contributed by atoms with Gasteiger partial charge in [0.05, 0.1) is 19.1 Å². The van der Waals surface area contributed by atoms with Gasteiger partial charge in [-0.25, -0.2) is 9.09 Å². The molecular formula is C17H29O9P. The van der Waals surface area contributed by atoms with E-state index in [9.17, 15) is 18.9 Å². The molecule has 156 valence electrons. The van der Waals surface area contributed by atoms with Crippen LogP contribution in [-0.4, -0.2) is 44.3 Å². The molecule has 9 nitrogen and oxygen atoms in total. The van der Waals surface area contributed by atoms with Gasteiger partial charge in [0.2, 0.25) is 6.79 Å². The predicted molar refractivity (Wildman–Crippen MR) is 94.6 cm³/mol. The smallest absolute Gasteiger partial charge is 0.469 e. The number of hydrogen-bond donors (Lipinski definition) is 0. The largest absolute Gasteiger partial charge is 0.478 e. The van der Waals surface area contributed by atoms with E-state index in [4.69, 9.17) is 18.3 Å². The van der Waals surface area contributed by atoms with Gasteiger partial charge in [0.1, 0.15) is 6.10 Å². The molecule has 1 unspecified atom stereocenters. The van der Waals surface area contributed by atoms with E-state index >= 15 is 0 Å². The van der Waals surface area contributed by atoms with Gasteiger partial charge in [0, 0.05) is 18.3 Å². The highest BCUT2D eigenvalue weighted by molar-refractivity contribution is 7.48. The molecule has 1 saturated heterocycles. The van der Waals surface area contributed by atoms with Crippen molar-refractivity contribution in [2.45, 2.75) is 60.0 Å². The average Bonchev–Trinajstić information content (AvgIpc) is 2.56. The van der Waals surface area contributed by atoms with Gasteiger partial charge in [-0.3, -0.25) is 23.4 Å². The minimum atomic E-state index is -4.06. The van der Waals surface area contributed by atoms with E-state index in [1.54, 1.807) is 34.6 Å². The Bertz CT molecular complexity index is 606. The number of ether oxygens (including phenoxy) is 2. The third-order valence-corrected chi connectivity index (χ3v) is 5.21. The van der Waals surface area contributed by atoms with Crippen LogP contribution in [0.3, 0.4) is 0 Å². The van der Waals surface area contributed by atoms with Crippen LogP contribution >= 0.6 is 7.82 Å². The Morgan fingerprint density at radius 2 is 1.81 bits per heavy atom. The first-order chi connectivity index (χ1) is 12.3. The molecule has 0 aliphatic carbocycles. The van der Waals surface area contributed by atoms with Gasteiger partial charge in [0.15, 0.2) is 5.78 Å². The van der Waals surface area contributed by atoms with Crippen LogP contribution in [0.4, 0.5) is 0 Å². The zero-order chi connectivity index (χ0) is 20.9. The van der Waals surface area contributed by atoms with Gasteiger partial charge in [-0.05, 0) is 27.2 Å². The van der Waals surface area contributed by atoms with Gasteiger partial charge in [0.25, 0.3) is 0 Å². The summed E-state index contributed by atoms with van der Waals surface area (Å²) in [4.78, 5) is 35.4. The maximum atomic E-state index is 12.6. The number of esters is 2. The van der Waals surface area contributed by atoms with E-state index in [2.05, 4.69) is 4.74 Å². The number of carbonyl (C=O) groups excluding carboxylic acids is 3. The number of phosphoric acid groups is 1. The van der Waals surface area contributed by atoms with Crippen LogP contribution < -0.4 is 0 Å². The van der Waals surface area contributed by atoms with E-state index < -0.39 is 43.5 Å². The summed E-state index contributed by atoms with van der Waals surface area (Å²) in [7, 11) is -2.79. The summed E-state index contributed by atoms with van der Waals surface area (Å²) in [6.45, 7) is 7.81. The van der Waals surface area contributed by atoms with Gasteiger partial charge in [-0.15, -0.1) is 0 Å². The fraction of sp³-hybridized carbons (Fsp3) is 0.824. The summed E-state index contributed by atoms with van der Waals surface area (Å²) in [6, 6.07) is 0. The van der Waals surface area contributed by atoms with Gasteiger partial charge in [-0.1, -0.05) is 13.8 Å². The Morgan fingerprint density at radius 1 is 1.19 bits per heavy atom. The highest BCUT2D eigenvalue weighted by atomic mass is 31.2. The number of phosphoric ester groups is 1. The molecule has 1 aliphatic heterocycles. The van der Waals surface area contributed by atoms with E-state index in [0.717, 1.165) is 0 Å². The molecule has 1 aliphatic rings. The molecule has 1 rings (SSSR count). The van der Waals surface area contributed by atoms with Crippen molar-refractivity contribution in [3.05, 3.63) is 0 Å². The summed E-state index contributed by atoms with van der Waals surface area (Å²) in [5, 5.41) is 0. The monoisotopic (exact) mass is 408 g/mol. The predicted octanol–water partition coefficient (Wildman–Crippen LogP) is 3.01. The minimum absolute atomic E-state index is 0.0368. The van der Waals surface area contributed by atoms with E-state index in [0.29, 0.717) is 0 Å². The minimum Gasteiger partial charge on any atom is -0.469 e. The second-order valence-electron chi connectivity index (χ2n) is 8.02. The second kappa shape index (κ2) is 9.28.